The Morgan fingerprint density at radius 1 is 0.622 bits per heavy atom. The smallest absolute Gasteiger partial charge is 0.358 e. The SMILES string of the molecule is Cc1cc(CCCCCc2ccc(N=Nc3scc[n+]3C)c(C)c2)ccc1N=Nc1scc[n+]1C.[CH3-].[CH3-]. The van der Waals surface area contributed by atoms with Crippen molar-refractivity contribution in [2.45, 2.75) is 46.0 Å². The maximum atomic E-state index is 4.44. The summed E-state index contributed by atoms with van der Waals surface area (Å²) in [7, 11) is 3.97. The van der Waals surface area contributed by atoms with Crippen LogP contribution in [0.5, 0.6) is 0 Å². The number of azo groups is 2. The summed E-state index contributed by atoms with van der Waals surface area (Å²) in [5.74, 6) is 0. The monoisotopic (exact) mass is 534 g/mol. The van der Waals surface area contributed by atoms with Crippen LogP contribution >= 0.6 is 22.7 Å². The van der Waals surface area contributed by atoms with E-state index >= 15 is 0 Å². The molecule has 0 atom stereocenters. The zero-order chi connectivity index (χ0) is 24.6. The molecule has 196 valence electrons. The lowest BCUT2D eigenvalue weighted by Crippen LogP contribution is -2.23. The molecule has 0 aliphatic heterocycles. The van der Waals surface area contributed by atoms with Crippen LogP contribution in [0.2, 0.25) is 0 Å². The Morgan fingerprint density at radius 3 is 1.41 bits per heavy atom. The highest BCUT2D eigenvalue weighted by atomic mass is 32.1. The Hall–Kier alpha value is -3.10. The zero-order valence-corrected chi connectivity index (χ0v) is 24.4. The average Bonchev–Trinajstić information content (AvgIpc) is 3.45. The van der Waals surface area contributed by atoms with E-state index in [0.29, 0.717) is 0 Å². The summed E-state index contributed by atoms with van der Waals surface area (Å²) in [6, 6.07) is 13.0. The van der Waals surface area contributed by atoms with Crippen LogP contribution in [0.3, 0.4) is 0 Å². The highest BCUT2D eigenvalue weighted by Gasteiger charge is 2.10. The summed E-state index contributed by atoms with van der Waals surface area (Å²) in [5, 5.41) is 23.4. The Balaban J connectivity index is 0.00000241. The van der Waals surface area contributed by atoms with Crippen LogP contribution in [-0.4, -0.2) is 0 Å². The molecule has 0 aliphatic rings. The fourth-order valence-electron chi connectivity index (χ4n) is 3.85. The summed E-state index contributed by atoms with van der Waals surface area (Å²) < 4.78 is 3.95. The van der Waals surface area contributed by atoms with Crippen LogP contribution in [0.15, 0.2) is 80.0 Å². The third-order valence-corrected chi connectivity index (χ3v) is 7.64. The first-order valence-electron chi connectivity index (χ1n) is 11.9. The van der Waals surface area contributed by atoms with E-state index in [2.05, 4.69) is 70.7 Å². The Bertz CT molecular complexity index is 1230. The molecule has 0 saturated heterocycles. The summed E-state index contributed by atoms with van der Waals surface area (Å²) in [5.41, 5.74) is 6.95. The normalized spacial score (nSPS) is 11.1. The van der Waals surface area contributed by atoms with Gasteiger partial charge in [-0.05, 0) is 107 Å². The van der Waals surface area contributed by atoms with Crippen LogP contribution in [0.1, 0.15) is 41.5 Å². The fourth-order valence-corrected chi connectivity index (χ4v) is 5.21. The first kappa shape index (κ1) is 30.1. The number of aromatic nitrogens is 2. The van der Waals surface area contributed by atoms with Gasteiger partial charge in [0.2, 0.25) is 0 Å². The third kappa shape index (κ3) is 8.47. The molecule has 0 fully saturated rings. The number of thiazole rings is 2. The van der Waals surface area contributed by atoms with Gasteiger partial charge < -0.3 is 14.9 Å². The second-order valence-corrected chi connectivity index (χ2v) is 10.5. The van der Waals surface area contributed by atoms with Crippen LogP contribution in [0.25, 0.3) is 0 Å². The van der Waals surface area contributed by atoms with E-state index < -0.39 is 0 Å². The molecule has 0 saturated carbocycles. The van der Waals surface area contributed by atoms with E-state index in [0.717, 1.165) is 34.5 Å². The lowest BCUT2D eigenvalue weighted by molar-refractivity contribution is -0.654. The highest BCUT2D eigenvalue weighted by Crippen LogP contribution is 2.25. The number of unbranched alkanes of at least 4 members (excludes halogenated alkanes) is 2. The van der Waals surface area contributed by atoms with Gasteiger partial charge in [0.25, 0.3) is 0 Å². The molecule has 37 heavy (non-hydrogen) atoms. The van der Waals surface area contributed by atoms with E-state index in [1.165, 1.54) is 41.5 Å². The molecule has 0 bridgehead atoms. The van der Waals surface area contributed by atoms with Gasteiger partial charge in [-0.1, -0.05) is 30.7 Å². The molecule has 4 aromatic rings. The molecule has 0 unspecified atom stereocenters. The molecular weight excluding hydrogens is 496 g/mol. The Kier molecular flexibility index (Phi) is 11.9. The summed E-state index contributed by atoms with van der Waals surface area (Å²) >= 11 is 3.18. The van der Waals surface area contributed by atoms with E-state index in [4.69, 9.17) is 0 Å². The number of aryl methyl sites for hydroxylation is 6. The molecule has 0 N–H and O–H groups in total. The zero-order valence-electron chi connectivity index (χ0n) is 22.8. The quantitative estimate of drug-likeness (QED) is 0.0845. The van der Waals surface area contributed by atoms with Gasteiger partial charge in [0, 0.05) is 10.8 Å². The van der Waals surface area contributed by atoms with Crippen molar-refractivity contribution in [3.8, 4) is 0 Å². The van der Waals surface area contributed by atoms with Gasteiger partial charge in [-0.3, -0.25) is 0 Å². The second-order valence-electron chi connectivity index (χ2n) is 8.80. The molecule has 0 aliphatic carbocycles. The minimum absolute atomic E-state index is 0. The van der Waals surface area contributed by atoms with Gasteiger partial charge >= 0.3 is 10.3 Å². The second kappa shape index (κ2) is 14.6. The predicted molar refractivity (Wildman–Crippen MR) is 156 cm³/mol. The number of hydrogen-bond acceptors (Lipinski definition) is 6. The molecule has 2 aromatic heterocycles. The van der Waals surface area contributed by atoms with Crippen molar-refractivity contribution >= 4 is 44.3 Å². The average molecular weight is 535 g/mol. The van der Waals surface area contributed by atoms with E-state index in [9.17, 15) is 0 Å². The standard InChI is InChI=1S/C27H32N6S2.2CH3/c1-20-18-22(10-12-24(20)28-30-26-32(3)14-16-34-26)8-6-5-7-9-23-11-13-25(21(2)19-23)29-31-27-33(4)15-17-35-27;;/h10-19H,5-9H2,1-4H3;2*1H3/q+2;2*-1. The molecule has 0 amide bonds. The molecular formula is C29H38N6S2. The van der Waals surface area contributed by atoms with Crippen LogP contribution in [0, 0.1) is 28.7 Å². The molecule has 0 spiro atoms. The van der Waals surface area contributed by atoms with Gasteiger partial charge in [0.15, 0.2) is 0 Å². The van der Waals surface area contributed by atoms with Gasteiger partial charge in [0.05, 0.1) is 24.3 Å². The van der Waals surface area contributed by atoms with Crippen molar-refractivity contribution in [2.75, 3.05) is 0 Å². The summed E-state index contributed by atoms with van der Waals surface area (Å²) in [6.07, 6.45) is 9.76. The predicted octanol–water partition coefficient (Wildman–Crippen LogP) is 8.76. The third-order valence-electron chi connectivity index (χ3n) is 5.96. The van der Waals surface area contributed by atoms with E-state index in [-0.39, 0.29) is 14.9 Å². The maximum absolute atomic E-state index is 4.44. The molecule has 2 heterocycles. The fraction of sp³-hybridized carbons (Fsp3) is 0.310. The number of nitrogens with zero attached hydrogens (tertiary/aromatic N) is 6. The van der Waals surface area contributed by atoms with Gasteiger partial charge in [0.1, 0.15) is 23.8 Å². The van der Waals surface area contributed by atoms with Gasteiger partial charge in [-0.2, -0.15) is 0 Å². The van der Waals surface area contributed by atoms with Crippen molar-refractivity contribution in [3.63, 3.8) is 0 Å². The number of rotatable bonds is 10. The molecule has 4 rings (SSSR count). The minimum atomic E-state index is 0. The Morgan fingerprint density at radius 2 is 1.05 bits per heavy atom. The molecule has 0 radical (unpaired) electrons. The number of benzene rings is 2. The van der Waals surface area contributed by atoms with Crippen LogP contribution in [0.4, 0.5) is 21.6 Å². The lowest BCUT2D eigenvalue weighted by Gasteiger charge is -2.06. The van der Waals surface area contributed by atoms with Gasteiger partial charge in [-0.15, -0.1) is 0 Å². The van der Waals surface area contributed by atoms with Crippen LogP contribution in [-0.2, 0) is 26.9 Å². The van der Waals surface area contributed by atoms with E-state index in [1.54, 1.807) is 22.7 Å². The largest absolute Gasteiger partial charge is 0.408 e. The molecule has 6 nitrogen and oxygen atoms in total. The minimum Gasteiger partial charge on any atom is -0.358 e. The maximum Gasteiger partial charge on any atom is 0.408 e. The molecule has 2 aromatic carbocycles. The molecule has 8 heteroatoms. The topological polar surface area (TPSA) is 57.2 Å². The number of hydrogen-bond donors (Lipinski definition) is 0. The highest BCUT2D eigenvalue weighted by molar-refractivity contribution is 7.13. The summed E-state index contributed by atoms with van der Waals surface area (Å²) in [6.45, 7) is 4.22. The Labute approximate surface area is 230 Å². The van der Waals surface area contributed by atoms with Crippen molar-refractivity contribution in [1.82, 2.24) is 0 Å². The first-order chi connectivity index (χ1) is 17.0. The van der Waals surface area contributed by atoms with E-state index in [1.807, 2.05) is 46.4 Å². The van der Waals surface area contributed by atoms with Crippen molar-refractivity contribution in [2.24, 2.45) is 34.6 Å². The van der Waals surface area contributed by atoms with Crippen molar-refractivity contribution in [1.29, 1.82) is 0 Å². The van der Waals surface area contributed by atoms with Crippen molar-refractivity contribution in [3.05, 3.63) is 96.7 Å². The van der Waals surface area contributed by atoms with Gasteiger partial charge in [-0.25, -0.2) is 9.13 Å². The lowest BCUT2D eigenvalue weighted by atomic mass is 10.0. The first-order valence-corrected chi connectivity index (χ1v) is 13.6. The van der Waals surface area contributed by atoms with Crippen LogP contribution < -0.4 is 9.13 Å². The summed E-state index contributed by atoms with van der Waals surface area (Å²) in [4.78, 5) is 0. The van der Waals surface area contributed by atoms with Crippen molar-refractivity contribution < 1.29 is 9.13 Å².